The summed E-state index contributed by atoms with van der Waals surface area (Å²) in [4.78, 5) is 0. The van der Waals surface area contributed by atoms with Crippen molar-refractivity contribution in [2.45, 2.75) is 40.5 Å². The third-order valence-corrected chi connectivity index (χ3v) is 4.76. The summed E-state index contributed by atoms with van der Waals surface area (Å²) in [6.45, 7) is 13.4. The monoisotopic (exact) mass is 178 g/mol. The fraction of sp³-hybridized carbons (Fsp3) is 0.846. The highest BCUT2D eigenvalue weighted by molar-refractivity contribution is 5.28. The van der Waals surface area contributed by atoms with Crippen LogP contribution in [0.5, 0.6) is 0 Å². The van der Waals surface area contributed by atoms with Gasteiger partial charge < -0.3 is 0 Å². The van der Waals surface area contributed by atoms with Gasteiger partial charge in [0.25, 0.3) is 0 Å². The molecule has 2 saturated carbocycles. The standard InChI is InChI=1S/C13H22/c1-8(2)6-7-9(3)11-12-10(4)13(11,12)5/h9-12H,1,6-7H2,2-5H3. The van der Waals surface area contributed by atoms with E-state index in [4.69, 9.17) is 0 Å². The van der Waals surface area contributed by atoms with Gasteiger partial charge >= 0.3 is 0 Å². The van der Waals surface area contributed by atoms with Crippen LogP contribution in [0.4, 0.5) is 0 Å². The lowest BCUT2D eigenvalue weighted by molar-refractivity contribution is 0.300. The minimum Gasteiger partial charge on any atom is -0.100 e. The van der Waals surface area contributed by atoms with Crippen molar-refractivity contribution in [1.82, 2.24) is 0 Å². The van der Waals surface area contributed by atoms with Crippen LogP contribution in [0.3, 0.4) is 0 Å². The van der Waals surface area contributed by atoms with Crippen molar-refractivity contribution in [2.75, 3.05) is 0 Å². The van der Waals surface area contributed by atoms with Crippen LogP contribution in [-0.4, -0.2) is 0 Å². The summed E-state index contributed by atoms with van der Waals surface area (Å²) in [5.41, 5.74) is 2.12. The molecule has 0 N–H and O–H groups in total. The van der Waals surface area contributed by atoms with E-state index in [-0.39, 0.29) is 0 Å². The molecule has 0 aromatic carbocycles. The van der Waals surface area contributed by atoms with Gasteiger partial charge in [-0.15, -0.1) is 6.58 Å². The van der Waals surface area contributed by atoms with Gasteiger partial charge in [-0.05, 0) is 48.9 Å². The van der Waals surface area contributed by atoms with E-state index >= 15 is 0 Å². The van der Waals surface area contributed by atoms with Gasteiger partial charge in [-0.2, -0.15) is 0 Å². The lowest BCUT2D eigenvalue weighted by Crippen LogP contribution is -2.12. The first-order valence-corrected chi connectivity index (χ1v) is 5.64. The summed E-state index contributed by atoms with van der Waals surface area (Å²) >= 11 is 0. The lowest BCUT2D eigenvalue weighted by atomic mass is 9.85. The minimum absolute atomic E-state index is 0.772. The van der Waals surface area contributed by atoms with E-state index in [0.29, 0.717) is 0 Å². The number of fused-ring (bicyclic) bond motifs is 1. The largest absolute Gasteiger partial charge is 0.100 e. The number of hydrogen-bond acceptors (Lipinski definition) is 0. The summed E-state index contributed by atoms with van der Waals surface area (Å²) in [5, 5.41) is 0. The molecular formula is C13H22. The average molecular weight is 178 g/mol. The normalized spacial score (nSPS) is 48.2. The maximum atomic E-state index is 3.97. The van der Waals surface area contributed by atoms with E-state index in [1.54, 1.807) is 0 Å². The van der Waals surface area contributed by atoms with Gasteiger partial charge in [-0.1, -0.05) is 26.3 Å². The molecule has 0 aliphatic heterocycles. The summed E-state index contributed by atoms with van der Waals surface area (Å²) in [5.74, 6) is 4.11. The highest BCUT2D eigenvalue weighted by Gasteiger charge is 2.81. The van der Waals surface area contributed by atoms with Gasteiger partial charge in [0.05, 0.1) is 0 Å². The predicted molar refractivity (Wildman–Crippen MR) is 57.5 cm³/mol. The molecule has 0 heteroatoms. The molecule has 2 aliphatic rings. The van der Waals surface area contributed by atoms with Crippen molar-refractivity contribution in [2.24, 2.45) is 29.1 Å². The SMILES string of the molecule is C=C(C)CCC(C)C1C2C(C)C12C. The Morgan fingerprint density at radius 1 is 1.54 bits per heavy atom. The lowest BCUT2D eigenvalue weighted by Gasteiger charge is -2.20. The van der Waals surface area contributed by atoms with Crippen LogP contribution in [-0.2, 0) is 0 Å². The average Bonchev–Trinajstić information content (AvgIpc) is 2.84. The van der Waals surface area contributed by atoms with Crippen LogP contribution in [0.2, 0.25) is 0 Å². The van der Waals surface area contributed by atoms with Gasteiger partial charge in [-0.3, -0.25) is 0 Å². The molecule has 0 aromatic heterocycles. The zero-order valence-corrected chi connectivity index (χ0v) is 9.43. The van der Waals surface area contributed by atoms with Crippen LogP contribution < -0.4 is 0 Å². The van der Waals surface area contributed by atoms with Crippen LogP contribution in [0.15, 0.2) is 12.2 Å². The molecule has 0 amide bonds. The summed E-state index contributed by atoms with van der Waals surface area (Å²) < 4.78 is 0. The number of hydrogen-bond donors (Lipinski definition) is 0. The number of rotatable bonds is 4. The van der Waals surface area contributed by atoms with Crippen molar-refractivity contribution in [3.8, 4) is 0 Å². The minimum atomic E-state index is 0.772. The van der Waals surface area contributed by atoms with Crippen molar-refractivity contribution in [3.05, 3.63) is 12.2 Å². The zero-order valence-electron chi connectivity index (χ0n) is 9.43. The molecule has 2 rings (SSSR count). The van der Waals surface area contributed by atoms with Gasteiger partial charge in [0.2, 0.25) is 0 Å². The quantitative estimate of drug-likeness (QED) is 0.573. The Hall–Kier alpha value is -0.260. The Kier molecular flexibility index (Phi) is 1.87. The molecular weight excluding hydrogens is 156 g/mol. The maximum absolute atomic E-state index is 3.97. The van der Waals surface area contributed by atoms with E-state index in [1.165, 1.54) is 18.4 Å². The summed E-state index contributed by atoms with van der Waals surface area (Å²) in [6, 6.07) is 0. The second-order valence-corrected chi connectivity index (χ2v) is 5.68. The third-order valence-electron chi connectivity index (χ3n) is 4.76. The van der Waals surface area contributed by atoms with E-state index in [9.17, 15) is 0 Å². The highest BCUT2D eigenvalue weighted by atomic mass is 14.9. The Labute approximate surface area is 82.4 Å². The van der Waals surface area contributed by atoms with Crippen molar-refractivity contribution < 1.29 is 0 Å². The van der Waals surface area contributed by atoms with Crippen molar-refractivity contribution in [3.63, 3.8) is 0 Å². The predicted octanol–water partition coefficient (Wildman–Crippen LogP) is 3.88. The fourth-order valence-electron chi connectivity index (χ4n) is 3.51. The molecule has 5 unspecified atom stereocenters. The molecule has 0 bridgehead atoms. The topological polar surface area (TPSA) is 0 Å². The molecule has 0 nitrogen and oxygen atoms in total. The molecule has 74 valence electrons. The Bertz CT molecular complexity index is 240. The second kappa shape index (κ2) is 2.62. The zero-order chi connectivity index (χ0) is 9.80. The first-order chi connectivity index (χ1) is 5.99. The first kappa shape index (κ1) is 9.30. The first-order valence-electron chi connectivity index (χ1n) is 5.64. The van der Waals surface area contributed by atoms with Crippen LogP contribution in [0, 0.1) is 29.1 Å². The molecule has 0 radical (unpaired) electrons. The Morgan fingerprint density at radius 3 is 2.46 bits per heavy atom. The van der Waals surface area contributed by atoms with E-state index in [1.807, 2.05) is 0 Å². The van der Waals surface area contributed by atoms with E-state index in [2.05, 4.69) is 34.3 Å². The molecule has 0 spiro atoms. The van der Waals surface area contributed by atoms with E-state index in [0.717, 1.165) is 29.1 Å². The van der Waals surface area contributed by atoms with Gasteiger partial charge in [-0.25, -0.2) is 0 Å². The smallest absolute Gasteiger partial charge is 0.0229 e. The summed E-state index contributed by atoms with van der Waals surface area (Å²) in [6.07, 6.45) is 2.59. The van der Waals surface area contributed by atoms with Crippen LogP contribution >= 0.6 is 0 Å². The number of allylic oxidation sites excluding steroid dienone is 1. The molecule has 2 aliphatic carbocycles. The fourth-order valence-corrected chi connectivity index (χ4v) is 3.51. The molecule has 0 saturated heterocycles. The molecule has 0 heterocycles. The van der Waals surface area contributed by atoms with Gasteiger partial charge in [0.1, 0.15) is 0 Å². The second-order valence-electron chi connectivity index (χ2n) is 5.68. The van der Waals surface area contributed by atoms with Crippen LogP contribution in [0.1, 0.15) is 40.5 Å². The van der Waals surface area contributed by atoms with Crippen LogP contribution in [0.25, 0.3) is 0 Å². The van der Waals surface area contributed by atoms with Crippen molar-refractivity contribution >= 4 is 0 Å². The third kappa shape index (κ3) is 1.18. The molecule has 0 aromatic rings. The highest BCUT2D eigenvalue weighted by Crippen LogP contribution is 2.85. The Balaban J connectivity index is 1.76. The van der Waals surface area contributed by atoms with Crippen molar-refractivity contribution in [1.29, 1.82) is 0 Å². The van der Waals surface area contributed by atoms with Gasteiger partial charge in [0.15, 0.2) is 0 Å². The molecule has 13 heavy (non-hydrogen) atoms. The molecule has 5 atom stereocenters. The van der Waals surface area contributed by atoms with Gasteiger partial charge in [0, 0.05) is 0 Å². The Morgan fingerprint density at radius 2 is 2.08 bits per heavy atom. The van der Waals surface area contributed by atoms with E-state index < -0.39 is 0 Å². The molecule has 2 fully saturated rings. The maximum Gasteiger partial charge on any atom is -0.0229 e. The summed E-state index contributed by atoms with van der Waals surface area (Å²) in [7, 11) is 0.